The fourth-order valence-corrected chi connectivity index (χ4v) is 4.03. The molecule has 2 heterocycles. The molecular formula is C22H27N3O3. The van der Waals surface area contributed by atoms with Crippen LogP contribution in [0.4, 0.5) is 0 Å². The van der Waals surface area contributed by atoms with Gasteiger partial charge in [-0.3, -0.25) is 14.4 Å². The van der Waals surface area contributed by atoms with Gasteiger partial charge in [-0.2, -0.15) is 0 Å². The zero-order valence-electron chi connectivity index (χ0n) is 16.5. The Morgan fingerprint density at radius 3 is 2.68 bits per heavy atom. The molecule has 0 bridgehead atoms. The predicted octanol–water partition coefficient (Wildman–Crippen LogP) is 2.64. The molecule has 6 nitrogen and oxygen atoms in total. The van der Waals surface area contributed by atoms with Gasteiger partial charge in [-0.1, -0.05) is 26.0 Å². The van der Waals surface area contributed by atoms with Crippen LogP contribution in [-0.4, -0.2) is 52.3 Å². The molecule has 0 radical (unpaired) electrons. The average molecular weight is 381 g/mol. The summed E-state index contributed by atoms with van der Waals surface area (Å²) in [5.41, 5.74) is 0.772. The number of fused-ring (bicyclic) bond motifs is 1. The number of carbonyl (C=O) groups is 2. The van der Waals surface area contributed by atoms with Gasteiger partial charge in [0.25, 0.3) is 5.91 Å². The van der Waals surface area contributed by atoms with Crippen LogP contribution in [0, 0.1) is 11.8 Å². The standard InChI is InChI=1S/C22H27N3O3/c1-14(2)19-13-24(10-9-21(27)25(19)12-15-7-8-15)22(28)18-11-20(26)16-5-3-4-6-17(16)23-18/h3-6,11,14-15,19H,7-10,12-13H2,1-2H3,(H,23,26)/t19-/m0/s1. The minimum atomic E-state index is -0.213. The Morgan fingerprint density at radius 2 is 1.96 bits per heavy atom. The summed E-state index contributed by atoms with van der Waals surface area (Å²) in [7, 11) is 0. The van der Waals surface area contributed by atoms with Crippen LogP contribution in [0.25, 0.3) is 10.9 Å². The van der Waals surface area contributed by atoms with Crippen LogP contribution >= 0.6 is 0 Å². The van der Waals surface area contributed by atoms with Gasteiger partial charge in [0.1, 0.15) is 5.69 Å². The highest BCUT2D eigenvalue weighted by atomic mass is 16.2. The van der Waals surface area contributed by atoms with Crippen LogP contribution in [0.3, 0.4) is 0 Å². The van der Waals surface area contributed by atoms with E-state index in [-0.39, 0.29) is 34.9 Å². The van der Waals surface area contributed by atoms with Crippen molar-refractivity contribution in [3.63, 3.8) is 0 Å². The largest absolute Gasteiger partial charge is 0.350 e. The second-order valence-corrected chi connectivity index (χ2v) is 8.39. The number of nitrogens with one attached hydrogen (secondary N) is 1. The minimum absolute atomic E-state index is 0.00623. The van der Waals surface area contributed by atoms with Crippen LogP contribution in [-0.2, 0) is 4.79 Å². The first-order valence-corrected chi connectivity index (χ1v) is 10.1. The van der Waals surface area contributed by atoms with Gasteiger partial charge in [0.15, 0.2) is 5.43 Å². The molecule has 0 unspecified atom stereocenters. The normalized spacial score (nSPS) is 20.7. The molecule has 0 spiro atoms. The molecule has 1 aliphatic carbocycles. The number of rotatable bonds is 4. The number of aromatic nitrogens is 1. The number of para-hydroxylation sites is 1. The van der Waals surface area contributed by atoms with Crippen molar-refractivity contribution in [1.29, 1.82) is 0 Å². The molecule has 2 aliphatic rings. The van der Waals surface area contributed by atoms with Crippen LogP contribution < -0.4 is 5.43 Å². The van der Waals surface area contributed by atoms with E-state index >= 15 is 0 Å². The third-order valence-corrected chi connectivity index (χ3v) is 5.90. The van der Waals surface area contributed by atoms with Crippen molar-refractivity contribution in [2.45, 2.75) is 39.2 Å². The number of carbonyl (C=O) groups excluding carboxylic acids is 2. The Kier molecular flexibility index (Phi) is 4.96. The Balaban J connectivity index is 1.62. The molecule has 2 amide bonds. The number of aromatic amines is 1. The van der Waals surface area contributed by atoms with E-state index in [1.54, 1.807) is 23.1 Å². The number of benzene rings is 1. The summed E-state index contributed by atoms with van der Waals surface area (Å²) < 4.78 is 0. The molecule has 1 atom stereocenters. The number of hydrogen-bond acceptors (Lipinski definition) is 3. The van der Waals surface area contributed by atoms with E-state index in [0.29, 0.717) is 36.3 Å². The summed E-state index contributed by atoms with van der Waals surface area (Å²) in [5.74, 6) is 0.790. The monoisotopic (exact) mass is 381 g/mol. The van der Waals surface area contributed by atoms with Gasteiger partial charge in [-0.15, -0.1) is 0 Å². The molecule has 2 aromatic rings. The number of hydrogen-bond donors (Lipinski definition) is 1. The van der Waals surface area contributed by atoms with E-state index < -0.39 is 0 Å². The van der Waals surface area contributed by atoms with E-state index in [1.807, 2.05) is 11.0 Å². The van der Waals surface area contributed by atoms with E-state index in [4.69, 9.17) is 0 Å². The SMILES string of the molecule is CC(C)[C@@H]1CN(C(=O)c2cc(=O)c3ccccc3[nH]2)CCC(=O)N1CC1CC1. The predicted molar refractivity (Wildman–Crippen MR) is 108 cm³/mol. The Morgan fingerprint density at radius 1 is 1.21 bits per heavy atom. The summed E-state index contributed by atoms with van der Waals surface area (Å²) in [5, 5.41) is 0.570. The summed E-state index contributed by atoms with van der Waals surface area (Å²) in [6.45, 7) is 5.89. The van der Waals surface area contributed by atoms with Crippen molar-refractivity contribution in [2.24, 2.45) is 11.8 Å². The van der Waals surface area contributed by atoms with Crippen LogP contribution in [0.1, 0.15) is 43.6 Å². The van der Waals surface area contributed by atoms with Gasteiger partial charge in [-0.05, 0) is 36.8 Å². The summed E-state index contributed by atoms with van der Waals surface area (Å²) in [6, 6.07) is 8.57. The lowest BCUT2D eigenvalue weighted by Gasteiger charge is -2.34. The number of H-pyrrole nitrogens is 1. The molecule has 4 rings (SSSR count). The first-order chi connectivity index (χ1) is 13.4. The number of nitrogens with zero attached hydrogens (tertiary/aromatic N) is 2. The molecule has 1 N–H and O–H groups in total. The van der Waals surface area contributed by atoms with Gasteiger partial charge in [0, 0.05) is 43.0 Å². The van der Waals surface area contributed by atoms with Gasteiger partial charge in [0.05, 0.1) is 6.04 Å². The molecule has 6 heteroatoms. The second kappa shape index (κ2) is 7.41. The Labute approximate surface area is 164 Å². The zero-order chi connectivity index (χ0) is 19.8. The van der Waals surface area contributed by atoms with Crippen molar-refractivity contribution in [2.75, 3.05) is 19.6 Å². The quantitative estimate of drug-likeness (QED) is 0.885. The molecule has 1 aromatic heterocycles. The molecule has 1 saturated heterocycles. The fourth-order valence-electron chi connectivity index (χ4n) is 4.03. The van der Waals surface area contributed by atoms with Crippen LogP contribution in [0.15, 0.2) is 35.1 Å². The van der Waals surface area contributed by atoms with Gasteiger partial charge in [-0.25, -0.2) is 0 Å². The number of amides is 2. The molecule has 28 heavy (non-hydrogen) atoms. The van der Waals surface area contributed by atoms with Crippen LogP contribution in [0.2, 0.25) is 0 Å². The summed E-state index contributed by atoms with van der Waals surface area (Å²) in [4.78, 5) is 45.2. The van der Waals surface area contributed by atoms with E-state index in [2.05, 4.69) is 18.8 Å². The third kappa shape index (κ3) is 3.68. The highest BCUT2D eigenvalue weighted by molar-refractivity contribution is 5.95. The smallest absolute Gasteiger partial charge is 0.270 e. The molecule has 1 aromatic carbocycles. The maximum absolute atomic E-state index is 13.2. The Bertz CT molecular complexity index is 961. The lowest BCUT2D eigenvalue weighted by molar-refractivity contribution is -0.133. The first-order valence-electron chi connectivity index (χ1n) is 10.1. The number of pyridine rings is 1. The molecule has 2 fully saturated rings. The first kappa shape index (κ1) is 18.7. The van der Waals surface area contributed by atoms with Crippen molar-refractivity contribution in [1.82, 2.24) is 14.8 Å². The van der Waals surface area contributed by atoms with Gasteiger partial charge < -0.3 is 14.8 Å². The van der Waals surface area contributed by atoms with Gasteiger partial charge >= 0.3 is 0 Å². The molecular weight excluding hydrogens is 354 g/mol. The Hall–Kier alpha value is -2.63. The van der Waals surface area contributed by atoms with Crippen molar-refractivity contribution in [3.8, 4) is 0 Å². The molecule has 1 saturated carbocycles. The summed E-state index contributed by atoms with van der Waals surface area (Å²) >= 11 is 0. The zero-order valence-corrected chi connectivity index (χ0v) is 16.5. The minimum Gasteiger partial charge on any atom is -0.350 e. The third-order valence-electron chi connectivity index (χ3n) is 5.90. The summed E-state index contributed by atoms with van der Waals surface area (Å²) in [6.07, 6.45) is 2.71. The average Bonchev–Trinajstić information content (AvgIpc) is 3.51. The van der Waals surface area contributed by atoms with Crippen LogP contribution in [0.5, 0.6) is 0 Å². The second-order valence-electron chi connectivity index (χ2n) is 8.39. The highest BCUT2D eigenvalue weighted by Gasteiger charge is 2.36. The maximum Gasteiger partial charge on any atom is 0.270 e. The van der Waals surface area contributed by atoms with E-state index in [9.17, 15) is 14.4 Å². The highest BCUT2D eigenvalue weighted by Crippen LogP contribution is 2.32. The van der Waals surface area contributed by atoms with Crippen molar-refractivity contribution < 1.29 is 9.59 Å². The lowest BCUT2D eigenvalue weighted by Crippen LogP contribution is -2.48. The lowest BCUT2D eigenvalue weighted by atomic mass is 10.0. The van der Waals surface area contributed by atoms with Gasteiger partial charge in [0.2, 0.25) is 5.91 Å². The molecule has 1 aliphatic heterocycles. The maximum atomic E-state index is 13.2. The van der Waals surface area contributed by atoms with E-state index in [1.165, 1.54) is 18.9 Å². The topological polar surface area (TPSA) is 73.5 Å². The fraction of sp³-hybridized carbons (Fsp3) is 0.500. The van der Waals surface area contributed by atoms with Crippen molar-refractivity contribution >= 4 is 22.7 Å². The molecule has 148 valence electrons. The van der Waals surface area contributed by atoms with E-state index in [0.717, 1.165) is 6.54 Å². The van der Waals surface area contributed by atoms with Crippen molar-refractivity contribution in [3.05, 3.63) is 46.2 Å².